The van der Waals surface area contributed by atoms with Crippen LogP contribution in [0.1, 0.15) is 67.7 Å². The Bertz CT molecular complexity index is 1290. The molecule has 1 aromatic carbocycles. The van der Waals surface area contributed by atoms with Gasteiger partial charge in [-0.15, -0.1) is 0 Å². The molecule has 10 heteroatoms. The van der Waals surface area contributed by atoms with E-state index in [1.807, 2.05) is 0 Å². The fourth-order valence-electron chi connectivity index (χ4n) is 5.47. The number of piperidine rings is 2. The van der Waals surface area contributed by atoms with Crippen LogP contribution in [-0.2, 0) is 14.4 Å². The fraction of sp³-hybridized carbons (Fsp3) is 0.500. The normalized spacial score (nSPS) is 17.9. The first kappa shape index (κ1) is 31.0. The molecule has 1 aromatic heterocycles. The lowest BCUT2D eigenvalue weighted by Gasteiger charge is -2.33. The van der Waals surface area contributed by atoms with Crippen LogP contribution in [0.2, 0.25) is 0 Å². The number of halogens is 1. The molecule has 0 saturated carbocycles. The number of rotatable bonds is 11. The first-order valence-electron chi connectivity index (χ1n) is 14.7. The van der Waals surface area contributed by atoms with Crippen LogP contribution in [-0.4, -0.2) is 72.2 Å². The standard InChI is InChI=1S/C32H39FN4O5/c33-12-16-42-28-5-1-3-24(18-28)6-7-25-17-27(21-35-20-25)29(19-31(39)40)36-32(41)26-4-2-15-37(22-26)30(38)9-8-23-10-13-34-14-11-23/h1,3,5,17-18,20-21,23,26,29,34H,2,4,8-16,19,22H2,(H,36,41)(H,39,40)/t26-,29+/m1/s1/i33-1. The van der Waals surface area contributed by atoms with Crippen LogP contribution in [0.3, 0.4) is 0 Å². The topological polar surface area (TPSA) is 121 Å². The number of carboxylic acids is 1. The number of carbonyl (C=O) groups excluding carboxylic acids is 2. The summed E-state index contributed by atoms with van der Waals surface area (Å²) < 4.78 is 17.7. The summed E-state index contributed by atoms with van der Waals surface area (Å²) in [6.45, 7) is 2.36. The number of nitrogens with one attached hydrogen (secondary N) is 2. The van der Waals surface area contributed by atoms with Gasteiger partial charge in [0.15, 0.2) is 0 Å². The Morgan fingerprint density at radius 2 is 1.95 bits per heavy atom. The van der Waals surface area contributed by atoms with E-state index in [4.69, 9.17) is 4.74 Å². The first-order valence-corrected chi connectivity index (χ1v) is 14.7. The van der Waals surface area contributed by atoms with Gasteiger partial charge in [-0.05, 0) is 80.9 Å². The molecular formula is C32H39FN4O5. The van der Waals surface area contributed by atoms with Gasteiger partial charge in [0.25, 0.3) is 0 Å². The lowest BCUT2D eigenvalue weighted by molar-refractivity contribution is -0.138. The van der Waals surface area contributed by atoms with Crippen molar-refractivity contribution < 1.29 is 28.6 Å². The lowest BCUT2D eigenvalue weighted by atomic mass is 9.92. The molecule has 0 unspecified atom stereocenters. The number of carbonyl (C=O) groups is 3. The molecule has 2 amide bonds. The molecule has 0 spiro atoms. The van der Waals surface area contributed by atoms with Gasteiger partial charge in [0.1, 0.15) is 19.0 Å². The van der Waals surface area contributed by atoms with Crippen molar-refractivity contribution in [2.24, 2.45) is 11.8 Å². The van der Waals surface area contributed by atoms with Crippen LogP contribution in [0.5, 0.6) is 5.75 Å². The predicted molar refractivity (Wildman–Crippen MR) is 155 cm³/mol. The highest BCUT2D eigenvalue weighted by molar-refractivity contribution is 5.82. The Balaban J connectivity index is 1.38. The molecule has 3 heterocycles. The Hall–Kier alpha value is -3.97. The number of hydrogen-bond acceptors (Lipinski definition) is 6. The summed E-state index contributed by atoms with van der Waals surface area (Å²) in [7, 11) is 0. The molecule has 0 radical (unpaired) electrons. The van der Waals surface area contributed by atoms with Crippen LogP contribution in [0, 0.1) is 23.7 Å². The molecule has 2 aromatic rings. The number of aliphatic carboxylic acids is 1. The minimum Gasteiger partial charge on any atom is -0.491 e. The Labute approximate surface area is 246 Å². The highest BCUT2D eigenvalue weighted by Gasteiger charge is 2.30. The number of pyridine rings is 1. The minimum atomic E-state index is -1.06. The van der Waals surface area contributed by atoms with Gasteiger partial charge in [-0.25, -0.2) is 4.39 Å². The van der Waals surface area contributed by atoms with E-state index in [2.05, 4.69) is 27.5 Å². The number of nitrogens with zero attached hydrogens (tertiary/aromatic N) is 2. The molecule has 2 aliphatic heterocycles. The third-order valence-electron chi connectivity index (χ3n) is 7.76. The number of alkyl halides is 1. The van der Waals surface area contributed by atoms with Gasteiger partial charge >= 0.3 is 5.97 Å². The number of carboxylic acid groups (broad SMARTS) is 1. The van der Waals surface area contributed by atoms with Gasteiger partial charge in [-0.3, -0.25) is 19.4 Å². The van der Waals surface area contributed by atoms with Crippen LogP contribution >= 0.6 is 0 Å². The Morgan fingerprint density at radius 1 is 1.14 bits per heavy atom. The Morgan fingerprint density at radius 3 is 2.74 bits per heavy atom. The van der Waals surface area contributed by atoms with Crippen LogP contribution < -0.4 is 15.4 Å². The van der Waals surface area contributed by atoms with Crippen molar-refractivity contribution in [2.45, 2.75) is 51.0 Å². The number of aromatic nitrogens is 1. The number of likely N-dealkylation sites (tertiary alicyclic amines) is 1. The zero-order valence-corrected chi connectivity index (χ0v) is 23.8. The van der Waals surface area contributed by atoms with E-state index in [-0.39, 0.29) is 24.8 Å². The summed E-state index contributed by atoms with van der Waals surface area (Å²) in [5.74, 6) is 5.47. The van der Waals surface area contributed by atoms with E-state index in [1.165, 1.54) is 6.20 Å². The molecule has 2 atom stereocenters. The quantitative estimate of drug-likeness (QED) is 0.350. The van der Waals surface area contributed by atoms with Crippen molar-refractivity contribution in [3.05, 3.63) is 59.4 Å². The van der Waals surface area contributed by atoms with E-state index in [9.17, 15) is 23.9 Å². The van der Waals surface area contributed by atoms with Crippen molar-refractivity contribution in [1.29, 1.82) is 0 Å². The maximum atomic E-state index is 13.3. The highest BCUT2D eigenvalue weighted by atomic mass is 18.2. The van der Waals surface area contributed by atoms with Gasteiger partial charge in [0.05, 0.1) is 18.4 Å². The fourth-order valence-corrected chi connectivity index (χ4v) is 5.47. The molecule has 2 aliphatic rings. The highest BCUT2D eigenvalue weighted by Crippen LogP contribution is 2.24. The van der Waals surface area contributed by atoms with Crippen molar-refractivity contribution in [3.8, 4) is 17.6 Å². The van der Waals surface area contributed by atoms with Crippen molar-refractivity contribution in [3.63, 3.8) is 0 Å². The van der Waals surface area contributed by atoms with Gasteiger partial charge < -0.3 is 25.4 Å². The van der Waals surface area contributed by atoms with Gasteiger partial charge in [-0.2, -0.15) is 0 Å². The van der Waals surface area contributed by atoms with Crippen LogP contribution in [0.4, 0.5) is 4.39 Å². The van der Waals surface area contributed by atoms with Gasteiger partial charge in [-0.1, -0.05) is 17.9 Å². The summed E-state index contributed by atoms with van der Waals surface area (Å²) in [6.07, 6.45) is 7.70. The number of hydrogen-bond donors (Lipinski definition) is 3. The molecule has 2 saturated heterocycles. The molecule has 42 heavy (non-hydrogen) atoms. The van der Waals surface area contributed by atoms with E-state index in [1.54, 1.807) is 41.4 Å². The third kappa shape index (κ3) is 9.55. The number of ether oxygens (including phenoxy) is 1. The second-order valence-electron chi connectivity index (χ2n) is 10.9. The third-order valence-corrected chi connectivity index (χ3v) is 7.76. The van der Waals surface area contributed by atoms with E-state index in [0.29, 0.717) is 54.3 Å². The molecule has 3 N–H and O–H groups in total. The van der Waals surface area contributed by atoms with Gasteiger partial charge in [0, 0.05) is 43.0 Å². The summed E-state index contributed by atoms with van der Waals surface area (Å²) in [6, 6.07) is 7.91. The molecule has 9 nitrogen and oxygen atoms in total. The average molecular weight is 578 g/mol. The van der Waals surface area contributed by atoms with Crippen LogP contribution in [0.15, 0.2) is 42.7 Å². The molecule has 2 fully saturated rings. The average Bonchev–Trinajstić information content (AvgIpc) is 3.02. The largest absolute Gasteiger partial charge is 0.491 e. The smallest absolute Gasteiger partial charge is 0.305 e. The molecule has 0 aliphatic carbocycles. The summed E-state index contributed by atoms with van der Waals surface area (Å²) in [5.41, 5.74) is 1.75. The first-order chi connectivity index (χ1) is 20.4. The SMILES string of the molecule is O=C(O)C[C@H](NC(=O)[C@@H]1CCCN(C(=O)CCC2CCNCC2)C1)c1cncc(C#Cc2cccc(OCC[18F])c2)c1. The zero-order chi connectivity index (χ0) is 29.7. The second-order valence-corrected chi connectivity index (χ2v) is 10.9. The molecule has 4 rings (SSSR count). The van der Waals surface area contributed by atoms with Crippen LogP contribution in [0.25, 0.3) is 0 Å². The maximum absolute atomic E-state index is 13.3. The lowest BCUT2D eigenvalue weighted by Crippen LogP contribution is -2.46. The summed E-state index contributed by atoms with van der Waals surface area (Å²) in [5, 5.41) is 15.8. The van der Waals surface area contributed by atoms with Crippen molar-refractivity contribution in [1.82, 2.24) is 20.5 Å². The predicted octanol–water partition coefficient (Wildman–Crippen LogP) is 3.48. The minimum absolute atomic E-state index is 0.0345. The van der Waals surface area contributed by atoms with Gasteiger partial charge in [0.2, 0.25) is 11.8 Å². The van der Waals surface area contributed by atoms with Crippen molar-refractivity contribution >= 4 is 17.8 Å². The zero-order valence-electron chi connectivity index (χ0n) is 23.8. The molecular weight excluding hydrogens is 538 g/mol. The summed E-state index contributed by atoms with van der Waals surface area (Å²) in [4.78, 5) is 43.9. The van der Waals surface area contributed by atoms with Crippen molar-refractivity contribution in [2.75, 3.05) is 39.5 Å². The number of amides is 2. The maximum Gasteiger partial charge on any atom is 0.305 e. The van der Waals surface area contributed by atoms with E-state index in [0.717, 1.165) is 38.8 Å². The second kappa shape index (κ2) is 15.9. The van der Waals surface area contributed by atoms with E-state index < -0.39 is 24.6 Å². The monoisotopic (exact) mass is 577 g/mol. The summed E-state index contributed by atoms with van der Waals surface area (Å²) >= 11 is 0. The molecule has 0 bridgehead atoms. The van der Waals surface area contributed by atoms with E-state index >= 15 is 0 Å². The Kier molecular flexibility index (Phi) is 11.7. The number of benzene rings is 1. The molecule has 224 valence electrons.